The van der Waals surface area contributed by atoms with E-state index in [1.807, 2.05) is 6.92 Å². The Balaban J connectivity index is 3.69. The van der Waals surface area contributed by atoms with Gasteiger partial charge in [-0.1, -0.05) is 6.92 Å². The standard InChI is InChI=1S/C9H17NO4/c1-3-6(2)14-8(11)5-4-7(10)9(12)13/h6-7H,3-5,10H2,1-2H3,(H,12,13)/t6?,7-/m0/s1. The zero-order chi connectivity index (χ0) is 11.1. The summed E-state index contributed by atoms with van der Waals surface area (Å²) in [6.07, 6.45) is 0.794. The van der Waals surface area contributed by atoms with Crippen LogP contribution in [0.2, 0.25) is 0 Å². The van der Waals surface area contributed by atoms with E-state index in [9.17, 15) is 9.59 Å². The predicted octanol–water partition coefficient (Wildman–Crippen LogP) is 0.520. The molecule has 0 amide bonds. The van der Waals surface area contributed by atoms with Gasteiger partial charge in [0.15, 0.2) is 0 Å². The lowest BCUT2D eigenvalue weighted by atomic mass is 10.2. The molecule has 0 aromatic rings. The number of carboxylic acid groups (broad SMARTS) is 1. The first-order chi connectivity index (χ1) is 6.47. The maximum atomic E-state index is 11.1. The molecule has 5 heteroatoms. The average Bonchev–Trinajstić information content (AvgIpc) is 2.13. The molecular weight excluding hydrogens is 186 g/mol. The van der Waals surface area contributed by atoms with Crippen LogP contribution in [0.15, 0.2) is 0 Å². The second-order valence-corrected chi connectivity index (χ2v) is 3.19. The van der Waals surface area contributed by atoms with Crippen LogP contribution in [0.4, 0.5) is 0 Å². The average molecular weight is 203 g/mol. The van der Waals surface area contributed by atoms with Gasteiger partial charge in [0.1, 0.15) is 6.04 Å². The van der Waals surface area contributed by atoms with E-state index in [0.29, 0.717) is 0 Å². The summed E-state index contributed by atoms with van der Waals surface area (Å²) < 4.78 is 4.94. The third-order valence-electron chi connectivity index (χ3n) is 1.88. The van der Waals surface area contributed by atoms with Crippen molar-refractivity contribution in [1.82, 2.24) is 0 Å². The van der Waals surface area contributed by atoms with Gasteiger partial charge in [0, 0.05) is 6.42 Å². The topological polar surface area (TPSA) is 89.6 Å². The molecule has 5 nitrogen and oxygen atoms in total. The normalized spacial score (nSPS) is 14.5. The monoisotopic (exact) mass is 203 g/mol. The number of hydrogen-bond acceptors (Lipinski definition) is 4. The van der Waals surface area contributed by atoms with E-state index in [2.05, 4.69) is 0 Å². The summed E-state index contributed by atoms with van der Waals surface area (Å²) in [6, 6.07) is -0.987. The Bertz CT molecular complexity index is 205. The van der Waals surface area contributed by atoms with Gasteiger partial charge >= 0.3 is 11.9 Å². The molecule has 0 saturated carbocycles. The molecule has 0 heterocycles. The number of ether oxygens (including phenoxy) is 1. The molecule has 0 aliphatic rings. The molecule has 0 aliphatic carbocycles. The minimum absolute atomic E-state index is 0.0534. The highest BCUT2D eigenvalue weighted by atomic mass is 16.5. The quantitative estimate of drug-likeness (QED) is 0.614. The van der Waals surface area contributed by atoms with E-state index >= 15 is 0 Å². The third kappa shape index (κ3) is 5.53. The Morgan fingerprint density at radius 1 is 1.50 bits per heavy atom. The molecular formula is C9H17NO4. The molecule has 0 bridgehead atoms. The van der Waals surface area contributed by atoms with Crippen LogP contribution in [-0.4, -0.2) is 29.2 Å². The number of nitrogens with two attached hydrogens (primary N) is 1. The van der Waals surface area contributed by atoms with Crippen molar-refractivity contribution in [1.29, 1.82) is 0 Å². The molecule has 0 saturated heterocycles. The molecule has 2 atom stereocenters. The number of carboxylic acids is 1. The van der Waals surface area contributed by atoms with E-state index in [0.717, 1.165) is 6.42 Å². The first-order valence-electron chi connectivity index (χ1n) is 4.65. The fraction of sp³-hybridized carbons (Fsp3) is 0.778. The second kappa shape index (κ2) is 6.37. The highest BCUT2D eigenvalue weighted by Gasteiger charge is 2.15. The number of rotatable bonds is 6. The van der Waals surface area contributed by atoms with Gasteiger partial charge in [0.25, 0.3) is 0 Å². The number of esters is 1. The minimum Gasteiger partial charge on any atom is -0.480 e. The van der Waals surface area contributed by atoms with Gasteiger partial charge in [-0.25, -0.2) is 0 Å². The summed E-state index contributed by atoms with van der Waals surface area (Å²) in [6.45, 7) is 3.69. The molecule has 0 rings (SSSR count). The number of hydrogen-bond donors (Lipinski definition) is 2. The molecule has 3 N–H and O–H groups in total. The summed E-state index contributed by atoms with van der Waals surface area (Å²) in [5.41, 5.74) is 5.22. The van der Waals surface area contributed by atoms with Gasteiger partial charge in [-0.15, -0.1) is 0 Å². The van der Waals surface area contributed by atoms with Crippen LogP contribution < -0.4 is 5.73 Å². The van der Waals surface area contributed by atoms with Crippen molar-refractivity contribution in [2.45, 2.75) is 45.3 Å². The van der Waals surface area contributed by atoms with Crippen LogP contribution in [-0.2, 0) is 14.3 Å². The Labute approximate surface area is 83.2 Å². The van der Waals surface area contributed by atoms with E-state index in [4.69, 9.17) is 15.6 Å². The smallest absolute Gasteiger partial charge is 0.320 e. The van der Waals surface area contributed by atoms with Gasteiger partial charge in [0.2, 0.25) is 0 Å². The Hall–Kier alpha value is -1.10. The lowest BCUT2D eigenvalue weighted by molar-refractivity contribution is -0.148. The molecule has 0 fully saturated rings. The number of aliphatic carboxylic acids is 1. The van der Waals surface area contributed by atoms with Crippen LogP contribution in [0.25, 0.3) is 0 Å². The van der Waals surface area contributed by atoms with Crippen LogP contribution in [0.3, 0.4) is 0 Å². The van der Waals surface area contributed by atoms with E-state index in [-0.39, 0.29) is 18.9 Å². The van der Waals surface area contributed by atoms with Crippen molar-refractivity contribution in [3.63, 3.8) is 0 Å². The highest BCUT2D eigenvalue weighted by Crippen LogP contribution is 2.02. The molecule has 0 aromatic carbocycles. The van der Waals surface area contributed by atoms with E-state index < -0.39 is 18.0 Å². The van der Waals surface area contributed by atoms with Gasteiger partial charge in [-0.05, 0) is 19.8 Å². The number of carbonyl (C=O) groups is 2. The fourth-order valence-corrected chi connectivity index (χ4v) is 0.763. The molecule has 0 spiro atoms. The van der Waals surface area contributed by atoms with Gasteiger partial charge in [0.05, 0.1) is 6.10 Å². The van der Waals surface area contributed by atoms with Crippen molar-refractivity contribution in [3.8, 4) is 0 Å². The van der Waals surface area contributed by atoms with Crippen molar-refractivity contribution < 1.29 is 19.4 Å². The van der Waals surface area contributed by atoms with E-state index in [1.54, 1.807) is 6.92 Å². The summed E-state index contributed by atoms with van der Waals surface area (Å²) in [5, 5.41) is 8.45. The minimum atomic E-state index is -1.10. The van der Waals surface area contributed by atoms with Crippen LogP contribution in [0, 0.1) is 0 Å². The maximum Gasteiger partial charge on any atom is 0.320 e. The Kier molecular flexibility index (Phi) is 5.87. The zero-order valence-corrected chi connectivity index (χ0v) is 8.53. The molecule has 14 heavy (non-hydrogen) atoms. The molecule has 0 aromatic heterocycles. The van der Waals surface area contributed by atoms with Crippen molar-refractivity contribution in [3.05, 3.63) is 0 Å². The zero-order valence-electron chi connectivity index (χ0n) is 8.53. The van der Waals surface area contributed by atoms with Crippen molar-refractivity contribution >= 4 is 11.9 Å². The predicted molar refractivity (Wildman–Crippen MR) is 50.7 cm³/mol. The highest BCUT2D eigenvalue weighted by molar-refractivity contribution is 5.75. The van der Waals surface area contributed by atoms with Crippen LogP contribution in [0.5, 0.6) is 0 Å². The molecule has 82 valence electrons. The number of carbonyl (C=O) groups excluding carboxylic acids is 1. The molecule has 1 unspecified atom stereocenters. The largest absolute Gasteiger partial charge is 0.480 e. The van der Waals surface area contributed by atoms with Gasteiger partial charge in [-0.3, -0.25) is 9.59 Å². The van der Waals surface area contributed by atoms with Crippen molar-refractivity contribution in [2.24, 2.45) is 5.73 Å². The SMILES string of the molecule is CCC(C)OC(=O)CC[C@H](N)C(=O)O. The van der Waals surface area contributed by atoms with Crippen LogP contribution >= 0.6 is 0 Å². The maximum absolute atomic E-state index is 11.1. The van der Waals surface area contributed by atoms with Gasteiger partial charge in [-0.2, -0.15) is 0 Å². The Morgan fingerprint density at radius 3 is 2.50 bits per heavy atom. The Morgan fingerprint density at radius 2 is 2.07 bits per heavy atom. The van der Waals surface area contributed by atoms with Crippen LogP contribution in [0.1, 0.15) is 33.1 Å². The van der Waals surface area contributed by atoms with Crippen molar-refractivity contribution in [2.75, 3.05) is 0 Å². The first kappa shape index (κ1) is 12.9. The molecule has 0 aliphatic heterocycles. The lowest BCUT2D eigenvalue weighted by Crippen LogP contribution is -2.31. The first-order valence-corrected chi connectivity index (χ1v) is 4.65. The second-order valence-electron chi connectivity index (χ2n) is 3.19. The van der Waals surface area contributed by atoms with E-state index in [1.165, 1.54) is 0 Å². The summed E-state index contributed by atoms with van der Waals surface area (Å²) in [4.78, 5) is 21.4. The fourth-order valence-electron chi connectivity index (χ4n) is 0.763. The van der Waals surface area contributed by atoms with Gasteiger partial charge < -0.3 is 15.6 Å². The summed E-state index contributed by atoms with van der Waals surface area (Å²) >= 11 is 0. The summed E-state index contributed by atoms with van der Waals surface area (Å²) in [7, 11) is 0. The summed E-state index contributed by atoms with van der Waals surface area (Å²) in [5.74, 6) is -1.49. The third-order valence-corrected chi connectivity index (χ3v) is 1.88. The molecule has 0 radical (unpaired) electrons. The lowest BCUT2D eigenvalue weighted by Gasteiger charge is -2.11.